The van der Waals surface area contributed by atoms with Gasteiger partial charge in [0, 0.05) is 0 Å². The fourth-order valence-corrected chi connectivity index (χ4v) is 7.92. The molecular weight excluding hydrogens is 452 g/mol. The minimum atomic E-state index is -0.207. The van der Waals surface area contributed by atoms with Crippen LogP contribution in [0.4, 0.5) is 11.4 Å². The Morgan fingerprint density at radius 3 is 1.00 bits per heavy atom. The summed E-state index contributed by atoms with van der Waals surface area (Å²) >= 11 is 0. The molecule has 2 aromatic carbocycles. The van der Waals surface area contributed by atoms with Crippen molar-refractivity contribution in [3.63, 3.8) is 0 Å². The van der Waals surface area contributed by atoms with Gasteiger partial charge in [0.05, 0.1) is 35.0 Å². The highest BCUT2D eigenvalue weighted by molar-refractivity contribution is 6.23. The van der Waals surface area contributed by atoms with E-state index in [1.807, 2.05) is 48.5 Å². The number of imide groups is 2. The van der Waals surface area contributed by atoms with Crippen LogP contribution in [0.3, 0.4) is 0 Å². The summed E-state index contributed by atoms with van der Waals surface area (Å²) in [7, 11) is 0. The summed E-state index contributed by atoms with van der Waals surface area (Å²) < 4.78 is 0. The Balaban J connectivity index is 1.03. The molecule has 6 aliphatic rings. The molecule has 2 aromatic rings. The Hall–Kier alpha value is -3.80. The number of allylic oxidation sites excluding steroid dienone is 4. The molecule has 178 valence electrons. The summed E-state index contributed by atoms with van der Waals surface area (Å²) in [4.78, 5) is 55.1. The number of anilines is 2. The Morgan fingerprint density at radius 2 is 0.722 bits per heavy atom. The lowest BCUT2D eigenvalue weighted by atomic mass is 9.85. The first kappa shape index (κ1) is 20.4. The molecule has 2 heterocycles. The van der Waals surface area contributed by atoms with Crippen LogP contribution in [0.15, 0.2) is 72.8 Å². The van der Waals surface area contributed by atoms with Gasteiger partial charge in [-0.3, -0.25) is 29.0 Å². The molecule has 6 heteroatoms. The van der Waals surface area contributed by atoms with Crippen molar-refractivity contribution in [1.82, 2.24) is 0 Å². The van der Waals surface area contributed by atoms with E-state index in [9.17, 15) is 19.2 Å². The van der Waals surface area contributed by atoms with Gasteiger partial charge in [0.2, 0.25) is 23.6 Å². The number of nitrogens with zero attached hydrogens (tertiary/aromatic N) is 2. The Morgan fingerprint density at radius 1 is 0.444 bits per heavy atom. The Labute approximate surface area is 208 Å². The van der Waals surface area contributed by atoms with Gasteiger partial charge in [-0.2, -0.15) is 0 Å². The number of carbonyl (C=O) groups is 4. The molecule has 8 rings (SSSR count). The first-order chi connectivity index (χ1) is 17.5. The Bertz CT molecular complexity index is 1250. The van der Waals surface area contributed by atoms with E-state index < -0.39 is 0 Å². The lowest BCUT2D eigenvalue weighted by molar-refractivity contribution is -0.124. The van der Waals surface area contributed by atoms with Crippen LogP contribution in [0.5, 0.6) is 0 Å². The zero-order chi connectivity index (χ0) is 24.3. The number of hydrogen-bond donors (Lipinski definition) is 0. The van der Waals surface area contributed by atoms with E-state index in [4.69, 9.17) is 0 Å². The number of fused-ring (bicyclic) bond motifs is 10. The maximum Gasteiger partial charge on any atom is 0.238 e. The lowest BCUT2D eigenvalue weighted by Gasteiger charge is -2.18. The second-order valence-corrected chi connectivity index (χ2v) is 11.1. The molecule has 4 fully saturated rings. The van der Waals surface area contributed by atoms with Crippen LogP contribution in [0.25, 0.3) is 11.1 Å². The lowest BCUT2D eigenvalue weighted by Crippen LogP contribution is -2.32. The molecule has 2 saturated carbocycles. The van der Waals surface area contributed by atoms with E-state index in [1.54, 1.807) is 0 Å². The quantitative estimate of drug-likeness (QED) is 0.496. The maximum absolute atomic E-state index is 13.1. The summed E-state index contributed by atoms with van der Waals surface area (Å²) in [5, 5.41) is 0. The minimum Gasteiger partial charge on any atom is -0.274 e. The molecule has 4 aliphatic carbocycles. The Kier molecular flexibility index (Phi) is 3.91. The standard InChI is InChI=1S/C30H24N2O4/c33-27-23-17-1-2-18(13-17)24(23)28(34)31(27)21-9-5-15(6-10-21)16-7-11-22(12-8-16)32-29(35)25-19-3-4-20(14-19)26(25)30(32)36/h1-12,17-20,23-26H,13-14H2/t17-,18-,19-,20-,23-,24+,25+,26+/m0/s1. The minimum absolute atomic E-state index is 0.0766. The van der Waals surface area contributed by atoms with Gasteiger partial charge in [0.15, 0.2) is 0 Å². The molecule has 0 aromatic heterocycles. The molecular formula is C30H24N2O4. The molecule has 6 nitrogen and oxygen atoms in total. The van der Waals surface area contributed by atoms with E-state index in [1.165, 1.54) is 9.80 Å². The average Bonchev–Trinajstić information content (AvgIpc) is 3.73. The molecule has 2 aliphatic heterocycles. The molecule has 8 atom stereocenters. The fourth-order valence-electron chi connectivity index (χ4n) is 7.92. The van der Waals surface area contributed by atoms with Gasteiger partial charge >= 0.3 is 0 Å². The van der Waals surface area contributed by atoms with Crippen LogP contribution in [0, 0.1) is 47.3 Å². The van der Waals surface area contributed by atoms with Crippen molar-refractivity contribution in [3.05, 3.63) is 72.8 Å². The van der Waals surface area contributed by atoms with Crippen molar-refractivity contribution in [1.29, 1.82) is 0 Å². The number of carbonyl (C=O) groups excluding carboxylic acids is 4. The molecule has 0 radical (unpaired) electrons. The molecule has 0 spiro atoms. The molecule has 0 N–H and O–H groups in total. The summed E-state index contributed by atoms with van der Waals surface area (Å²) in [5.74, 6) is -0.359. The van der Waals surface area contributed by atoms with Crippen molar-refractivity contribution in [3.8, 4) is 11.1 Å². The van der Waals surface area contributed by atoms with Crippen molar-refractivity contribution >= 4 is 35.0 Å². The second kappa shape index (κ2) is 6.90. The zero-order valence-corrected chi connectivity index (χ0v) is 19.5. The predicted octanol–water partition coefficient (Wildman–Crippen LogP) is 3.98. The predicted molar refractivity (Wildman–Crippen MR) is 132 cm³/mol. The van der Waals surface area contributed by atoms with Crippen molar-refractivity contribution < 1.29 is 19.2 Å². The van der Waals surface area contributed by atoms with E-state index >= 15 is 0 Å². The van der Waals surface area contributed by atoms with Gasteiger partial charge in [-0.1, -0.05) is 48.6 Å². The van der Waals surface area contributed by atoms with Gasteiger partial charge in [0.1, 0.15) is 0 Å². The third-order valence-corrected chi connectivity index (χ3v) is 9.53. The van der Waals surface area contributed by atoms with Crippen LogP contribution in [0.2, 0.25) is 0 Å². The fraction of sp³-hybridized carbons (Fsp3) is 0.333. The molecule has 0 unspecified atom stereocenters. The highest BCUT2D eigenvalue weighted by Gasteiger charge is 2.60. The average molecular weight is 477 g/mol. The monoisotopic (exact) mass is 476 g/mol. The summed E-state index contributed by atoms with van der Waals surface area (Å²) in [6, 6.07) is 14.9. The van der Waals surface area contributed by atoms with Gasteiger partial charge in [-0.25, -0.2) is 0 Å². The van der Waals surface area contributed by atoms with Crippen LogP contribution in [-0.4, -0.2) is 23.6 Å². The van der Waals surface area contributed by atoms with Crippen LogP contribution >= 0.6 is 0 Å². The van der Waals surface area contributed by atoms with Gasteiger partial charge in [-0.15, -0.1) is 0 Å². The van der Waals surface area contributed by atoms with E-state index in [2.05, 4.69) is 24.3 Å². The first-order valence-corrected chi connectivity index (χ1v) is 12.8. The van der Waals surface area contributed by atoms with Crippen molar-refractivity contribution in [2.24, 2.45) is 47.3 Å². The smallest absolute Gasteiger partial charge is 0.238 e. The first-order valence-electron chi connectivity index (χ1n) is 12.8. The van der Waals surface area contributed by atoms with E-state index in [-0.39, 0.29) is 71.0 Å². The third kappa shape index (κ3) is 2.47. The maximum atomic E-state index is 13.1. The van der Waals surface area contributed by atoms with Crippen molar-refractivity contribution in [2.45, 2.75) is 12.8 Å². The summed E-state index contributed by atoms with van der Waals surface area (Å²) in [5.41, 5.74) is 3.10. The molecule has 4 amide bonds. The second-order valence-electron chi connectivity index (χ2n) is 11.1. The topological polar surface area (TPSA) is 74.8 Å². The van der Waals surface area contributed by atoms with Crippen LogP contribution < -0.4 is 9.80 Å². The van der Waals surface area contributed by atoms with Crippen molar-refractivity contribution in [2.75, 3.05) is 9.80 Å². The highest BCUT2D eigenvalue weighted by atomic mass is 16.2. The van der Waals surface area contributed by atoms with E-state index in [0.717, 1.165) is 24.0 Å². The van der Waals surface area contributed by atoms with Crippen LogP contribution in [-0.2, 0) is 19.2 Å². The number of rotatable bonds is 3. The number of benzene rings is 2. The van der Waals surface area contributed by atoms with Gasteiger partial charge < -0.3 is 0 Å². The van der Waals surface area contributed by atoms with E-state index in [0.29, 0.717) is 11.4 Å². The number of hydrogen-bond acceptors (Lipinski definition) is 4. The summed E-state index contributed by atoms with van der Waals surface area (Å²) in [6.07, 6.45) is 10.2. The SMILES string of the molecule is O=C1[C@@H]2[C@H](C(=O)N1c1ccc(-c3ccc(N4C(=O)[C@H]5[C@H](C4=O)[C@H]4C=C[C@H]5C4)cc3)cc1)[C@H]1C=C[C@H]2C1. The highest BCUT2D eigenvalue weighted by Crippen LogP contribution is 2.54. The summed E-state index contributed by atoms with van der Waals surface area (Å²) in [6.45, 7) is 0. The zero-order valence-electron chi connectivity index (χ0n) is 19.5. The largest absolute Gasteiger partial charge is 0.274 e. The normalized spacial score (nSPS) is 37.1. The van der Waals surface area contributed by atoms with Gasteiger partial charge in [-0.05, 0) is 71.9 Å². The molecule has 2 saturated heterocycles. The third-order valence-electron chi connectivity index (χ3n) is 9.53. The molecule has 36 heavy (non-hydrogen) atoms. The van der Waals surface area contributed by atoms with Gasteiger partial charge in [0.25, 0.3) is 0 Å². The molecule has 4 bridgehead atoms. The number of amides is 4. The van der Waals surface area contributed by atoms with Crippen LogP contribution in [0.1, 0.15) is 12.8 Å².